The molecule has 8 nitrogen and oxygen atoms in total. The minimum absolute atomic E-state index is 0.182. The van der Waals surface area contributed by atoms with E-state index in [-0.39, 0.29) is 23.9 Å². The van der Waals surface area contributed by atoms with Gasteiger partial charge in [0, 0.05) is 20.4 Å². The highest BCUT2D eigenvalue weighted by Gasteiger charge is 2.39. The summed E-state index contributed by atoms with van der Waals surface area (Å²) in [4.78, 5) is 50.0. The lowest BCUT2D eigenvalue weighted by molar-refractivity contribution is -0.222. The van der Waals surface area contributed by atoms with E-state index in [9.17, 15) is 19.2 Å². The number of ether oxygens (including phenoxy) is 3. The third-order valence-corrected chi connectivity index (χ3v) is 4.98. The topological polar surface area (TPSA) is 99.2 Å². The van der Waals surface area contributed by atoms with Crippen LogP contribution in [0.15, 0.2) is 54.1 Å². The molecule has 8 heteroatoms. The van der Waals surface area contributed by atoms with E-state index in [4.69, 9.17) is 14.2 Å². The van der Waals surface area contributed by atoms with Crippen molar-refractivity contribution in [3.05, 3.63) is 70.8 Å². The van der Waals surface area contributed by atoms with Crippen molar-refractivity contribution in [1.82, 2.24) is 4.90 Å². The summed E-state index contributed by atoms with van der Waals surface area (Å²) in [6.07, 6.45) is 1.87. The Balaban J connectivity index is 1.30. The molecular weight excluding hydrogens is 414 g/mol. The second-order valence-electron chi connectivity index (χ2n) is 7.82. The first-order valence-electron chi connectivity index (χ1n) is 10.1. The molecule has 2 aromatic carbocycles. The van der Waals surface area contributed by atoms with Crippen LogP contribution in [0.25, 0.3) is 6.08 Å². The van der Waals surface area contributed by atoms with Crippen molar-refractivity contribution < 1.29 is 33.4 Å². The summed E-state index contributed by atoms with van der Waals surface area (Å²) in [5.41, 5.74) is 1.28. The first-order valence-corrected chi connectivity index (χ1v) is 10.1. The smallest absolute Gasteiger partial charge is 0.348 e. The van der Waals surface area contributed by atoms with Crippen LogP contribution in [-0.2, 0) is 19.1 Å². The van der Waals surface area contributed by atoms with Gasteiger partial charge in [0.25, 0.3) is 17.6 Å². The summed E-state index contributed by atoms with van der Waals surface area (Å²) < 4.78 is 15.8. The number of carbonyl (C=O) groups excluding carboxylic acids is 4. The van der Waals surface area contributed by atoms with Crippen LogP contribution in [0.4, 0.5) is 0 Å². The van der Waals surface area contributed by atoms with Crippen molar-refractivity contribution in [2.45, 2.75) is 26.1 Å². The Morgan fingerprint density at radius 3 is 2.00 bits per heavy atom. The van der Waals surface area contributed by atoms with Gasteiger partial charge in [-0.1, -0.05) is 24.3 Å². The van der Waals surface area contributed by atoms with E-state index in [1.165, 1.54) is 24.8 Å². The minimum Gasteiger partial charge on any atom is -0.494 e. The largest absolute Gasteiger partial charge is 0.494 e. The van der Waals surface area contributed by atoms with Crippen LogP contribution in [0.3, 0.4) is 0 Å². The van der Waals surface area contributed by atoms with Crippen molar-refractivity contribution >= 4 is 29.8 Å². The zero-order valence-corrected chi connectivity index (χ0v) is 17.6. The number of benzene rings is 2. The minimum atomic E-state index is -1.28. The molecule has 0 N–H and O–H groups in total. The Morgan fingerprint density at radius 2 is 1.44 bits per heavy atom. The van der Waals surface area contributed by atoms with Crippen LogP contribution >= 0.6 is 0 Å². The van der Waals surface area contributed by atoms with Crippen LogP contribution in [0.5, 0.6) is 5.75 Å². The van der Waals surface area contributed by atoms with Gasteiger partial charge in [-0.3, -0.25) is 14.5 Å². The Hall–Kier alpha value is -3.94. The van der Waals surface area contributed by atoms with Gasteiger partial charge in [0.15, 0.2) is 0 Å². The average molecular weight is 435 g/mol. The molecule has 0 saturated carbocycles. The highest BCUT2D eigenvalue weighted by Crippen LogP contribution is 2.25. The number of cyclic esters (lactones) is 2. The molecule has 4 rings (SSSR count). The van der Waals surface area contributed by atoms with Gasteiger partial charge < -0.3 is 14.2 Å². The van der Waals surface area contributed by atoms with Gasteiger partial charge in [-0.15, -0.1) is 0 Å². The van der Waals surface area contributed by atoms with Crippen molar-refractivity contribution in [3.8, 4) is 5.75 Å². The summed E-state index contributed by atoms with van der Waals surface area (Å²) in [6.45, 7) is 3.54. The number of nitrogens with zero attached hydrogens (tertiary/aromatic N) is 1. The molecule has 0 radical (unpaired) electrons. The third kappa shape index (κ3) is 4.25. The summed E-state index contributed by atoms with van der Waals surface area (Å²) in [5, 5.41) is 0. The normalized spacial score (nSPS) is 17.1. The van der Waals surface area contributed by atoms with E-state index in [0.717, 1.165) is 0 Å². The maximum Gasteiger partial charge on any atom is 0.348 e. The maximum atomic E-state index is 12.3. The average Bonchev–Trinajstić information content (AvgIpc) is 2.99. The molecule has 2 amide bonds. The van der Waals surface area contributed by atoms with E-state index in [1.807, 2.05) is 0 Å². The second kappa shape index (κ2) is 8.30. The molecule has 0 unspecified atom stereocenters. The fraction of sp³-hybridized carbons (Fsp3) is 0.250. The standard InChI is InChI=1S/C24H21NO7/c1-24(2)31-22(28)19(23(29)32-24)14-15-8-10-16(11-9-15)30-13-5-12-25-20(26)17-6-3-4-7-18(17)21(25)27/h3-4,6-11,14H,5,12-13H2,1-2H3. The summed E-state index contributed by atoms with van der Waals surface area (Å²) >= 11 is 0. The molecule has 2 aliphatic heterocycles. The quantitative estimate of drug-likeness (QED) is 0.226. The fourth-order valence-corrected chi connectivity index (χ4v) is 3.46. The number of amides is 2. The molecule has 1 saturated heterocycles. The lowest BCUT2D eigenvalue weighted by Crippen LogP contribution is -2.41. The summed E-state index contributed by atoms with van der Waals surface area (Å²) in [6, 6.07) is 13.5. The molecule has 0 aliphatic carbocycles. The third-order valence-electron chi connectivity index (χ3n) is 4.98. The molecule has 2 aromatic rings. The van der Waals surface area contributed by atoms with E-state index in [0.29, 0.717) is 35.5 Å². The van der Waals surface area contributed by atoms with Gasteiger partial charge >= 0.3 is 11.9 Å². The molecule has 0 bridgehead atoms. The highest BCUT2D eigenvalue weighted by molar-refractivity contribution is 6.21. The Labute approximate surface area is 184 Å². The van der Waals surface area contributed by atoms with Gasteiger partial charge in [-0.05, 0) is 42.3 Å². The van der Waals surface area contributed by atoms with E-state index < -0.39 is 17.7 Å². The first kappa shape index (κ1) is 21.3. The Morgan fingerprint density at radius 1 is 0.875 bits per heavy atom. The lowest BCUT2D eigenvalue weighted by atomic mass is 10.1. The molecule has 2 heterocycles. The SMILES string of the molecule is CC1(C)OC(=O)C(=Cc2ccc(OCCCN3C(=O)c4ccccc4C3=O)cc2)C(=O)O1. The lowest BCUT2D eigenvalue weighted by Gasteiger charge is -2.29. The number of imide groups is 1. The van der Waals surface area contributed by atoms with Gasteiger partial charge in [-0.25, -0.2) is 9.59 Å². The van der Waals surface area contributed by atoms with Crippen molar-refractivity contribution in [3.63, 3.8) is 0 Å². The monoisotopic (exact) mass is 435 g/mol. The fourth-order valence-electron chi connectivity index (χ4n) is 3.46. The van der Waals surface area contributed by atoms with Gasteiger partial charge in [0.2, 0.25) is 0 Å². The number of esters is 2. The number of hydrogen-bond donors (Lipinski definition) is 0. The van der Waals surface area contributed by atoms with Crippen LogP contribution < -0.4 is 4.74 Å². The van der Waals surface area contributed by atoms with Crippen molar-refractivity contribution in [2.24, 2.45) is 0 Å². The molecule has 2 aliphatic rings. The van der Waals surface area contributed by atoms with Gasteiger partial charge in [0.05, 0.1) is 17.7 Å². The molecule has 164 valence electrons. The number of carbonyl (C=O) groups is 4. The Kier molecular flexibility index (Phi) is 5.52. The number of hydrogen-bond acceptors (Lipinski definition) is 7. The van der Waals surface area contributed by atoms with Crippen LogP contribution in [0, 0.1) is 0 Å². The summed E-state index contributed by atoms with van der Waals surface area (Å²) in [5.74, 6) is -2.75. The highest BCUT2D eigenvalue weighted by atomic mass is 16.7. The number of fused-ring (bicyclic) bond motifs is 1. The first-order chi connectivity index (χ1) is 15.2. The zero-order chi connectivity index (χ0) is 22.9. The molecule has 1 fully saturated rings. The van der Waals surface area contributed by atoms with Gasteiger partial charge in [0.1, 0.15) is 11.3 Å². The van der Waals surface area contributed by atoms with E-state index >= 15 is 0 Å². The van der Waals surface area contributed by atoms with Crippen molar-refractivity contribution in [1.29, 1.82) is 0 Å². The molecule has 0 atom stereocenters. The zero-order valence-electron chi connectivity index (χ0n) is 17.6. The van der Waals surface area contributed by atoms with E-state index in [1.54, 1.807) is 48.5 Å². The molecule has 0 spiro atoms. The molecule has 32 heavy (non-hydrogen) atoms. The molecular formula is C24H21NO7. The summed E-state index contributed by atoms with van der Waals surface area (Å²) in [7, 11) is 0. The maximum absolute atomic E-state index is 12.3. The predicted octanol–water partition coefficient (Wildman–Crippen LogP) is 2.97. The van der Waals surface area contributed by atoms with Crippen LogP contribution in [0.1, 0.15) is 46.5 Å². The van der Waals surface area contributed by atoms with E-state index in [2.05, 4.69) is 0 Å². The van der Waals surface area contributed by atoms with Crippen LogP contribution in [0.2, 0.25) is 0 Å². The van der Waals surface area contributed by atoms with Crippen LogP contribution in [-0.4, -0.2) is 47.6 Å². The number of rotatable bonds is 6. The Bertz CT molecular complexity index is 1070. The van der Waals surface area contributed by atoms with Gasteiger partial charge in [-0.2, -0.15) is 0 Å². The van der Waals surface area contributed by atoms with Crippen molar-refractivity contribution in [2.75, 3.05) is 13.2 Å². The molecule has 0 aromatic heterocycles. The predicted molar refractivity (Wildman–Crippen MR) is 113 cm³/mol. The second-order valence-corrected chi connectivity index (χ2v) is 7.82.